The summed E-state index contributed by atoms with van der Waals surface area (Å²) in [5, 5.41) is 11.3. The van der Waals surface area contributed by atoms with Crippen molar-refractivity contribution in [1.82, 2.24) is 20.2 Å². The van der Waals surface area contributed by atoms with Crippen LogP contribution in [-0.4, -0.2) is 40.9 Å². The first-order chi connectivity index (χ1) is 12.7. The van der Waals surface area contributed by atoms with Gasteiger partial charge >= 0.3 is 0 Å². The van der Waals surface area contributed by atoms with Gasteiger partial charge in [0.05, 0.1) is 19.0 Å². The second-order valence-corrected chi connectivity index (χ2v) is 5.99. The average Bonchev–Trinajstić information content (AvgIpc) is 2.67. The molecule has 7 heteroatoms. The molecule has 0 aliphatic carbocycles. The Kier molecular flexibility index (Phi) is 5.58. The van der Waals surface area contributed by atoms with Crippen LogP contribution in [0.1, 0.15) is 11.1 Å². The molecule has 3 rings (SSSR count). The van der Waals surface area contributed by atoms with Gasteiger partial charge in [-0.25, -0.2) is 0 Å². The van der Waals surface area contributed by atoms with Gasteiger partial charge in [0, 0.05) is 26.0 Å². The van der Waals surface area contributed by atoms with E-state index in [4.69, 9.17) is 4.74 Å². The highest BCUT2D eigenvalue weighted by Crippen LogP contribution is 2.27. The summed E-state index contributed by atoms with van der Waals surface area (Å²) in [5.74, 6) is 1.92. The molecule has 0 saturated heterocycles. The zero-order valence-electron chi connectivity index (χ0n) is 15.2. The van der Waals surface area contributed by atoms with Gasteiger partial charge in [0.15, 0.2) is 5.82 Å². The maximum absolute atomic E-state index is 5.38. The Balaban J connectivity index is 1.71. The maximum atomic E-state index is 5.38. The van der Waals surface area contributed by atoms with Crippen molar-refractivity contribution in [3.05, 3.63) is 60.0 Å². The molecule has 0 spiro atoms. The van der Waals surface area contributed by atoms with Gasteiger partial charge in [-0.05, 0) is 48.7 Å². The summed E-state index contributed by atoms with van der Waals surface area (Å²) in [5.41, 5.74) is 3.16. The first-order valence-electron chi connectivity index (χ1n) is 8.37. The molecule has 7 nitrogen and oxygen atoms in total. The molecule has 0 aliphatic rings. The summed E-state index contributed by atoms with van der Waals surface area (Å²) in [6.07, 6.45) is 6.17. The highest BCUT2D eigenvalue weighted by atomic mass is 16.5. The molecule has 1 aromatic carbocycles. The van der Waals surface area contributed by atoms with Crippen molar-refractivity contribution in [2.75, 3.05) is 30.9 Å². The number of aryl methyl sites for hydroxylation is 1. The predicted octanol–water partition coefficient (Wildman–Crippen LogP) is 3.01. The molecule has 0 fully saturated rings. The normalized spacial score (nSPS) is 10.4. The molecular weight excluding hydrogens is 328 g/mol. The number of anilines is 3. The van der Waals surface area contributed by atoms with Gasteiger partial charge < -0.3 is 15.0 Å². The third kappa shape index (κ3) is 4.44. The van der Waals surface area contributed by atoms with Crippen LogP contribution in [0.15, 0.2) is 48.9 Å². The predicted molar refractivity (Wildman–Crippen MR) is 102 cm³/mol. The van der Waals surface area contributed by atoms with Crippen LogP contribution in [0.4, 0.5) is 17.5 Å². The Bertz CT molecular complexity index is 856. The van der Waals surface area contributed by atoms with Gasteiger partial charge in [0.1, 0.15) is 5.75 Å². The van der Waals surface area contributed by atoms with Crippen molar-refractivity contribution in [3.8, 4) is 5.75 Å². The molecule has 0 radical (unpaired) electrons. The number of aromatic nitrogens is 4. The molecular formula is C19H22N6O. The first kappa shape index (κ1) is 17.6. The quantitative estimate of drug-likeness (QED) is 0.702. The Morgan fingerprint density at radius 3 is 2.73 bits per heavy atom. The third-order valence-corrected chi connectivity index (χ3v) is 4.02. The van der Waals surface area contributed by atoms with Crippen LogP contribution in [-0.2, 0) is 6.42 Å². The van der Waals surface area contributed by atoms with Crippen molar-refractivity contribution >= 4 is 17.5 Å². The number of ether oxygens (including phenoxy) is 1. The summed E-state index contributed by atoms with van der Waals surface area (Å²) in [6.45, 7) is 2.84. The molecule has 134 valence electrons. The minimum Gasteiger partial charge on any atom is -0.495 e. The number of rotatable bonds is 7. The zero-order valence-corrected chi connectivity index (χ0v) is 15.2. The summed E-state index contributed by atoms with van der Waals surface area (Å²) in [7, 11) is 3.63. The van der Waals surface area contributed by atoms with Gasteiger partial charge in [-0.1, -0.05) is 6.07 Å². The van der Waals surface area contributed by atoms with Crippen LogP contribution in [0.25, 0.3) is 0 Å². The minimum absolute atomic E-state index is 0.433. The van der Waals surface area contributed by atoms with Crippen LogP contribution < -0.4 is 15.0 Å². The summed E-state index contributed by atoms with van der Waals surface area (Å²) in [6, 6.07) is 9.93. The third-order valence-electron chi connectivity index (χ3n) is 4.02. The number of hydrogen-bond donors (Lipinski definition) is 1. The van der Waals surface area contributed by atoms with Gasteiger partial charge in [-0.3, -0.25) is 4.98 Å². The minimum atomic E-state index is 0.433. The number of hydrogen-bond acceptors (Lipinski definition) is 7. The molecule has 0 amide bonds. The number of likely N-dealkylation sites (N-methyl/N-ethyl adjacent to an activating group) is 1. The van der Waals surface area contributed by atoms with E-state index in [1.807, 2.05) is 49.2 Å². The molecule has 0 bridgehead atoms. The second-order valence-electron chi connectivity index (χ2n) is 5.99. The number of nitrogens with one attached hydrogen (secondary N) is 1. The molecule has 26 heavy (non-hydrogen) atoms. The molecule has 2 heterocycles. The lowest BCUT2D eigenvalue weighted by atomic mass is 10.2. The molecule has 0 atom stereocenters. The maximum Gasteiger partial charge on any atom is 0.249 e. The van der Waals surface area contributed by atoms with E-state index < -0.39 is 0 Å². The average molecular weight is 350 g/mol. The lowest BCUT2D eigenvalue weighted by molar-refractivity contribution is 0.416. The Hall–Kier alpha value is -3.22. The number of nitrogens with zero attached hydrogens (tertiary/aromatic N) is 5. The Morgan fingerprint density at radius 2 is 1.96 bits per heavy atom. The molecule has 0 aliphatic heterocycles. The second kappa shape index (κ2) is 8.24. The lowest BCUT2D eigenvalue weighted by Gasteiger charge is -2.18. The van der Waals surface area contributed by atoms with Gasteiger partial charge in [0.25, 0.3) is 0 Å². The van der Waals surface area contributed by atoms with Crippen molar-refractivity contribution in [3.63, 3.8) is 0 Å². The number of pyridine rings is 1. The fourth-order valence-electron chi connectivity index (χ4n) is 2.53. The highest BCUT2D eigenvalue weighted by molar-refractivity contribution is 5.64. The molecule has 2 aromatic heterocycles. The van der Waals surface area contributed by atoms with E-state index in [-0.39, 0.29) is 0 Å². The molecule has 0 saturated carbocycles. The van der Waals surface area contributed by atoms with Crippen LogP contribution in [0.5, 0.6) is 5.75 Å². The summed E-state index contributed by atoms with van der Waals surface area (Å²) >= 11 is 0. The highest BCUT2D eigenvalue weighted by Gasteiger charge is 2.09. The van der Waals surface area contributed by atoms with Gasteiger partial charge in [-0.15, -0.1) is 5.10 Å². The van der Waals surface area contributed by atoms with E-state index >= 15 is 0 Å². The Labute approximate surface area is 153 Å². The van der Waals surface area contributed by atoms with Crippen LogP contribution >= 0.6 is 0 Å². The van der Waals surface area contributed by atoms with E-state index in [9.17, 15) is 0 Å². The van der Waals surface area contributed by atoms with E-state index in [2.05, 4.69) is 25.5 Å². The van der Waals surface area contributed by atoms with Crippen LogP contribution in [0, 0.1) is 6.92 Å². The molecule has 3 aromatic rings. The molecule has 1 N–H and O–H groups in total. The fourth-order valence-corrected chi connectivity index (χ4v) is 2.53. The topological polar surface area (TPSA) is 76.1 Å². The SMILES string of the molecule is COc1ccc(C)cc1Nc1nncc(N(C)CCc2ccncc2)n1. The molecule has 0 unspecified atom stereocenters. The standard InChI is InChI=1S/C19H22N6O/c1-14-4-5-17(26-3)16(12-14)22-19-23-18(13-21-24-19)25(2)11-8-15-6-9-20-10-7-15/h4-7,9-10,12-13H,8,11H2,1-3H3,(H,22,23,24). The summed E-state index contributed by atoms with van der Waals surface area (Å²) in [4.78, 5) is 10.6. The monoisotopic (exact) mass is 350 g/mol. The van der Waals surface area contributed by atoms with Crippen molar-refractivity contribution < 1.29 is 4.74 Å². The Morgan fingerprint density at radius 1 is 1.15 bits per heavy atom. The van der Waals surface area contributed by atoms with E-state index in [1.54, 1.807) is 25.7 Å². The van der Waals surface area contributed by atoms with Gasteiger partial charge in [0.2, 0.25) is 5.95 Å². The number of benzene rings is 1. The first-order valence-corrected chi connectivity index (χ1v) is 8.37. The fraction of sp³-hybridized carbons (Fsp3) is 0.263. The van der Waals surface area contributed by atoms with Crippen molar-refractivity contribution in [2.24, 2.45) is 0 Å². The van der Waals surface area contributed by atoms with Crippen LogP contribution in [0.2, 0.25) is 0 Å². The summed E-state index contributed by atoms with van der Waals surface area (Å²) < 4.78 is 5.38. The number of methoxy groups -OCH3 is 1. The smallest absolute Gasteiger partial charge is 0.249 e. The van der Waals surface area contributed by atoms with Gasteiger partial charge in [-0.2, -0.15) is 10.1 Å². The van der Waals surface area contributed by atoms with Crippen LogP contribution in [0.3, 0.4) is 0 Å². The zero-order chi connectivity index (χ0) is 18.4. The van der Waals surface area contributed by atoms with E-state index in [0.717, 1.165) is 35.8 Å². The lowest BCUT2D eigenvalue weighted by Crippen LogP contribution is -2.22. The largest absolute Gasteiger partial charge is 0.495 e. The van der Waals surface area contributed by atoms with E-state index in [0.29, 0.717) is 5.95 Å². The van der Waals surface area contributed by atoms with Crippen molar-refractivity contribution in [1.29, 1.82) is 0 Å². The van der Waals surface area contributed by atoms with Crippen molar-refractivity contribution in [2.45, 2.75) is 13.3 Å². The van der Waals surface area contributed by atoms with E-state index in [1.165, 1.54) is 5.56 Å².